The summed E-state index contributed by atoms with van der Waals surface area (Å²) in [6.45, 7) is 3.70. The fraction of sp³-hybridized carbons (Fsp3) is 0.500. The molecule has 0 spiro atoms. The first-order valence-corrected chi connectivity index (χ1v) is 7.21. The maximum Gasteiger partial charge on any atom is 0.310 e. The van der Waals surface area contributed by atoms with Crippen molar-refractivity contribution < 1.29 is 19.1 Å². The zero-order valence-electron chi connectivity index (χ0n) is 12.5. The Morgan fingerprint density at radius 1 is 1.33 bits per heavy atom. The molecule has 5 heteroatoms. The van der Waals surface area contributed by atoms with Crippen LogP contribution in [0.3, 0.4) is 0 Å². The minimum absolute atomic E-state index is 0.00305. The number of carbonyl (C=O) groups is 2. The lowest BCUT2D eigenvalue weighted by Crippen LogP contribution is -2.26. The molecular formula is C16H21NO4. The topological polar surface area (TPSA) is 55.8 Å². The van der Waals surface area contributed by atoms with Crippen molar-refractivity contribution in [3.05, 3.63) is 29.8 Å². The van der Waals surface area contributed by atoms with Crippen molar-refractivity contribution in [2.24, 2.45) is 5.92 Å². The van der Waals surface area contributed by atoms with Crippen LogP contribution in [0, 0.1) is 5.92 Å². The number of hydrogen-bond acceptors (Lipinski definition) is 4. The van der Waals surface area contributed by atoms with Crippen LogP contribution in [0.5, 0.6) is 5.75 Å². The first kappa shape index (κ1) is 15.4. The summed E-state index contributed by atoms with van der Waals surface area (Å²) < 4.78 is 10.2. The molecule has 1 fully saturated rings. The Kier molecular flexibility index (Phi) is 5.20. The molecule has 0 saturated carbocycles. The standard InChI is InChI=1S/C16H21NO4/c1-3-8-21-14-6-4-12(5-7-14)10-17-11-13(9-15(17)18)16(19)20-2/h4-7,13H,3,8-11H2,1-2H3. The van der Waals surface area contributed by atoms with Crippen LogP contribution in [-0.2, 0) is 20.9 Å². The van der Waals surface area contributed by atoms with Crippen molar-refractivity contribution in [3.8, 4) is 5.75 Å². The molecule has 0 N–H and O–H groups in total. The number of carbonyl (C=O) groups excluding carboxylic acids is 2. The molecule has 1 aromatic carbocycles. The monoisotopic (exact) mass is 291 g/mol. The number of methoxy groups -OCH3 is 1. The van der Waals surface area contributed by atoms with Gasteiger partial charge in [0.25, 0.3) is 0 Å². The Bertz CT molecular complexity index is 498. The third kappa shape index (κ3) is 3.97. The summed E-state index contributed by atoms with van der Waals surface area (Å²) in [5, 5.41) is 0. The molecule has 114 valence electrons. The Labute approximate surface area is 124 Å². The SMILES string of the molecule is CCCOc1ccc(CN2CC(C(=O)OC)CC2=O)cc1. The lowest BCUT2D eigenvalue weighted by atomic mass is 10.1. The van der Waals surface area contributed by atoms with Gasteiger partial charge in [-0.05, 0) is 24.1 Å². The van der Waals surface area contributed by atoms with Gasteiger partial charge in [0.2, 0.25) is 5.91 Å². The number of esters is 1. The van der Waals surface area contributed by atoms with Crippen LogP contribution < -0.4 is 4.74 Å². The fourth-order valence-electron chi connectivity index (χ4n) is 2.38. The lowest BCUT2D eigenvalue weighted by molar-refractivity contribution is -0.145. The van der Waals surface area contributed by atoms with Gasteiger partial charge < -0.3 is 14.4 Å². The quantitative estimate of drug-likeness (QED) is 0.752. The molecule has 0 bridgehead atoms. The fourth-order valence-corrected chi connectivity index (χ4v) is 2.38. The molecule has 5 nitrogen and oxygen atoms in total. The zero-order valence-corrected chi connectivity index (χ0v) is 12.5. The molecule has 1 saturated heterocycles. The van der Waals surface area contributed by atoms with Crippen LogP contribution in [0.15, 0.2) is 24.3 Å². The van der Waals surface area contributed by atoms with E-state index in [9.17, 15) is 9.59 Å². The van der Waals surface area contributed by atoms with Crippen molar-refractivity contribution in [1.29, 1.82) is 0 Å². The van der Waals surface area contributed by atoms with E-state index in [0.717, 1.165) is 17.7 Å². The van der Waals surface area contributed by atoms with Crippen molar-refractivity contribution in [2.75, 3.05) is 20.3 Å². The van der Waals surface area contributed by atoms with Gasteiger partial charge in [0.15, 0.2) is 0 Å². The molecule has 2 rings (SSSR count). The summed E-state index contributed by atoms with van der Waals surface area (Å²) in [5.41, 5.74) is 1.03. The Hall–Kier alpha value is -2.04. The smallest absolute Gasteiger partial charge is 0.310 e. The summed E-state index contributed by atoms with van der Waals surface area (Å²) >= 11 is 0. The number of likely N-dealkylation sites (tertiary alicyclic amines) is 1. The average molecular weight is 291 g/mol. The molecule has 0 radical (unpaired) electrons. The van der Waals surface area contributed by atoms with E-state index in [0.29, 0.717) is 19.7 Å². The number of benzene rings is 1. The molecule has 1 aliphatic rings. The van der Waals surface area contributed by atoms with Crippen molar-refractivity contribution in [3.63, 3.8) is 0 Å². The van der Waals surface area contributed by atoms with Crippen LogP contribution in [0.1, 0.15) is 25.3 Å². The summed E-state index contributed by atoms with van der Waals surface area (Å²) in [5.74, 6) is 0.182. The first-order valence-electron chi connectivity index (χ1n) is 7.21. The van der Waals surface area contributed by atoms with Crippen LogP contribution in [0.25, 0.3) is 0 Å². The molecule has 0 aliphatic carbocycles. The van der Waals surface area contributed by atoms with E-state index in [1.165, 1.54) is 7.11 Å². The van der Waals surface area contributed by atoms with Crippen LogP contribution in [0.4, 0.5) is 0 Å². The minimum atomic E-state index is -0.338. The highest BCUT2D eigenvalue weighted by Gasteiger charge is 2.34. The third-order valence-electron chi connectivity index (χ3n) is 3.52. The van der Waals surface area contributed by atoms with Gasteiger partial charge in [-0.25, -0.2) is 0 Å². The predicted octanol–water partition coefficient (Wildman–Crippen LogP) is 2.00. The average Bonchev–Trinajstić information content (AvgIpc) is 2.87. The summed E-state index contributed by atoms with van der Waals surface area (Å²) in [7, 11) is 1.35. The molecule has 1 aromatic rings. The maximum atomic E-state index is 11.9. The lowest BCUT2D eigenvalue weighted by Gasteiger charge is -2.16. The first-order chi connectivity index (χ1) is 10.1. The van der Waals surface area contributed by atoms with Gasteiger partial charge in [0.1, 0.15) is 5.75 Å². The van der Waals surface area contributed by atoms with Gasteiger partial charge in [-0.2, -0.15) is 0 Å². The molecule has 1 heterocycles. The van der Waals surface area contributed by atoms with E-state index in [2.05, 4.69) is 6.92 Å². The van der Waals surface area contributed by atoms with E-state index >= 15 is 0 Å². The van der Waals surface area contributed by atoms with E-state index in [4.69, 9.17) is 9.47 Å². The van der Waals surface area contributed by atoms with Gasteiger partial charge >= 0.3 is 5.97 Å². The summed E-state index contributed by atoms with van der Waals surface area (Å²) in [6, 6.07) is 7.71. The molecular weight excluding hydrogens is 270 g/mol. The Balaban J connectivity index is 1.92. The van der Waals surface area contributed by atoms with E-state index in [-0.39, 0.29) is 24.2 Å². The van der Waals surface area contributed by atoms with E-state index in [1.807, 2.05) is 24.3 Å². The molecule has 0 aromatic heterocycles. The minimum Gasteiger partial charge on any atom is -0.494 e. The normalized spacial score (nSPS) is 17.9. The van der Waals surface area contributed by atoms with Crippen LogP contribution in [0.2, 0.25) is 0 Å². The molecule has 21 heavy (non-hydrogen) atoms. The maximum absolute atomic E-state index is 11.9. The zero-order chi connectivity index (χ0) is 15.2. The van der Waals surface area contributed by atoms with Gasteiger partial charge in [-0.1, -0.05) is 19.1 Å². The van der Waals surface area contributed by atoms with Crippen molar-refractivity contribution in [2.45, 2.75) is 26.3 Å². The number of amides is 1. The largest absolute Gasteiger partial charge is 0.494 e. The van der Waals surface area contributed by atoms with Crippen molar-refractivity contribution in [1.82, 2.24) is 4.90 Å². The summed E-state index contributed by atoms with van der Waals surface area (Å²) in [4.78, 5) is 25.1. The highest BCUT2D eigenvalue weighted by molar-refractivity contribution is 5.86. The van der Waals surface area contributed by atoms with E-state index in [1.54, 1.807) is 4.90 Å². The van der Waals surface area contributed by atoms with Gasteiger partial charge in [0.05, 0.1) is 19.6 Å². The van der Waals surface area contributed by atoms with Crippen LogP contribution in [-0.4, -0.2) is 37.0 Å². The van der Waals surface area contributed by atoms with Crippen molar-refractivity contribution >= 4 is 11.9 Å². The third-order valence-corrected chi connectivity index (χ3v) is 3.52. The Morgan fingerprint density at radius 2 is 2.05 bits per heavy atom. The molecule has 1 amide bonds. The molecule has 1 unspecified atom stereocenters. The number of ether oxygens (including phenoxy) is 2. The molecule has 1 atom stereocenters. The van der Waals surface area contributed by atoms with Crippen LogP contribution >= 0.6 is 0 Å². The van der Waals surface area contributed by atoms with Gasteiger partial charge in [0, 0.05) is 19.5 Å². The molecule has 1 aliphatic heterocycles. The second kappa shape index (κ2) is 7.11. The number of rotatable bonds is 6. The predicted molar refractivity (Wildman–Crippen MR) is 77.8 cm³/mol. The summed E-state index contributed by atoms with van der Waals surface area (Å²) in [6.07, 6.45) is 1.21. The van der Waals surface area contributed by atoms with Gasteiger partial charge in [-0.3, -0.25) is 9.59 Å². The highest BCUT2D eigenvalue weighted by atomic mass is 16.5. The van der Waals surface area contributed by atoms with E-state index < -0.39 is 0 Å². The Morgan fingerprint density at radius 3 is 2.67 bits per heavy atom. The second-order valence-corrected chi connectivity index (χ2v) is 5.19. The number of nitrogens with zero attached hydrogens (tertiary/aromatic N) is 1. The number of hydrogen-bond donors (Lipinski definition) is 0. The van der Waals surface area contributed by atoms with Gasteiger partial charge in [-0.15, -0.1) is 0 Å². The highest BCUT2D eigenvalue weighted by Crippen LogP contribution is 2.22. The second-order valence-electron chi connectivity index (χ2n) is 5.19.